The predicted octanol–water partition coefficient (Wildman–Crippen LogP) is 4.21. The molecule has 2 aromatic carbocycles. The fourth-order valence-corrected chi connectivity index (χ4v) is 3.76. The van der Waals surface area contributed by atoms with Gasteiger partial charge >= 0.3 is 0 Å². The van der Waals surface area contributed by atoms with E-state index in [2.05, 4.69) is 0 Å². The molecule has 5 nitrogen and oxygen atoms in total. The Morgan fingerprint density at radius 1 is 1.23 bits per heavy atom. The van der Waals surface area contributed by atoms with Gasteiger partial charge in [0.15, 0.2) is 15.8 Å². The molecule has 1 heterocycles. The number of phenolic OH excluding ortho intramolecular Hbond substituents is 1. The minimum absolute atomic E-state index is 0.0646. The molecule has 0 saturated carbocycles. The van der Waals surface area contributed by atoms with Crippen molar-refractivity contribution in [1.82, 2.24) is 0 Å². The van der Waals surface area contributed by atoms with Crippen molar-refractivity contribution >= 4 is 46.0 Å². The third-order valence-electron chi connectivity index (χ3n) is 3.71. The number of amides is 1. The average Bonchev–Trinajstić information content (AvgIpc) is 2.92. The predicted molar refractivity (Wildman–Crippen MR) is 108 cm³/mol. The zero-order valence-corrected chi connectivity index (χ0v) is 15.9. The fourth-order valence-electron chi connectivity index (χ4n) is 2.46. The number of benzene rings is 2. The topological polar surface area (TPSA) is 59.0 Å². The number of nitrogens with zero attached hydrogens (tertiary/aromatic N) is 1. The molecule has 134 valence electrons. The Labute approximate surface area is 161 Å². The van der Waals surface area contributed by atoms with E-state index in [-0.39, 0.29) is 11.7 Å². The Kier molecular flexibility index (Phi) is 5.49. The van der Waals surface area contributed by atoms with E-state index < -0.39 is 0 Å². The summed E-state index contributed by atoms with van der Waals surface area (Å²) >= 11 is 6.61. The third-order valence-corrected chi connectivity index (χ3v) is 5.01. The quantitative estimate of drug-likeness (QED) is 0.613. The number of phenols is 1. The highest BCUT2D eigenvalue weighted by Gasteiger charge is 2.33. The van der Waals surface area contributed by atoms with Crippen molar-refractivity contribution in [1.29, 1.82) is 0 Å². The number of thioether (sulfide) groups is 1. The summed E-state index contributed by atoms with van der Waals surface area (Å²) < 4.78 is 11.0. The first-order chi connectivity index (χ1) is 12.5. The fraction of sp³-hybridized carbons (Fsp3) is 0.158. The third kappa shape index (κ3) is 3.68. The summed E-state index contributed by atoms with van der Waals surface area (Å²) in [6.45, 7) is 2.28. The lowest BCUT2D eigenvalue weighted by Gasteiger charge is -2.14. The van der Waals surface area contributed by atoms with Crippen LogP contribution in [-0.2, 0) is 4.79 Å². The van der Waals surface area contributed by atoms with Crippen molar-refractivity contribution in [3.05, 3.63) is 52.9 Å². The largest absolute Gasteiger partial charge is 0.504 e. The van der Waals surface area contributed by atoms with Crippen LogP contribution in [0, 0.1) is 0 Å². The SMILES string of the molecule is CCOc1cc(/C=C2/SC(=S)N(c3ccc(OC)cc3)C2=O)ccc1O. The minimum Gasteiger partial charge on any atom is -0.504 e. The van der Waals surface area contributed by atoms with Gasteiger partial charge in [-0.1, -0.05) is 30.0 Å². The van der Waals surface area contributed by atoms with Gasteiger partial charge in [0, 0.05) is 0 Å². The summed E-state index contributed by atoms with van der Waals surface area (Å²) in [4.78, 5) is 14.8. The van der Waals surface area contributed by atoms with Gasteiger partial charge in [0.25, 0.3) is 5.91 Å². The van der Waals surface area contributed by atoms with Crippen LogP contribution in [0.4, 0.5) is 5.69 Å². The van der Waals surface area contributed by atoms with Gasteiger partial charge in [-0.25, -0.2) is 0 Å². The van der Waals surface area contributed by atoms with Crippen molar-refractivity contribution in [2.75, 3.05) is 18.6 Å². The first-order valence-electron chi connectivity index (χ1n) is 7.91. The summed E-state index contributed by atoms with van der Waals surface area (Å²) in [6.07, 6.45) is 1.74. The molecule has 26 heavy (non-hydrogen) atoms. The molecule has 0 aromatic heterocycles. The Hall–Kier alpha value is -2.51. The molecule has 1 aliphatic heterocycles. The summed E-state index contributed by atoms with van der Waals surface area (Å²) in [5, 5.41) is 9.80. The smallest absolute Gasteiger partial charge is 0.270 e. The van der Waals surface area contributed by atoms with E-state index in [1.54, 1.807) is 55.7 Å². The number of hydrogen-bond donors (Lipinski definition) is 1. The Bertz CT molecular complexity index is 878. The highest BCUT2D eigenvalue weighted by molar-refractivity contribution is 8.27. The van der Waals surface area contributed by atoms with Gasteiger partial charge in [-0.05, 0) is 55.0 Å². The molecule has 3 rings (SSSR count). The van der Waals surface area contributed by atoms with Gasteiger partial charge in [0.05, 0.1) is 24.3 Å². The standard InChI is InChI=1S/C19H17NO4S2/c1-3-24-16-10-12(4-9-15(16)21)11-17-18(22)20(19(25)26-17)13-5-7-14(23-2)8-6-13/h4-11,21H,3H2,1-2H3/b17-11+. The van der Waals surface area contributed by atoms with E-state index in [0.29, 0.717) is 33.0 Å². The van der Waals surface area contributed by atoms with Crippen LogP contribution in [0.15, 0.2) is 47.4 Å². The maximum atomic E-state index is 12.8. The van der Waals surface area contributed by atoms with Gasteiger partial charge in [-0.3, -0.25) is 9.69 Å². The normalized spacial score (nSPS) is 15.6. The van der Waals surface area contributed by atoms with Crippen LogP contribution < -0.4 is 14.4 Å². The molecule has 1 fully saturated rings. The first kappa shape index (κ1) is 18.3. The molecule has 0 bridgehead atoms. The van der Waals surface area contributed by atoms with Crippen LogP contribution in [0.3, 0.4) is 0 Å². The highest BCUT2D eigenvalue weighted by atomic mass is 32.2. The molecule has 1 saturated heterocycles. The van der Waals surface area contributed by atoms with Crippen LogP contribution in [-0.4, -0.2) is 29.1 Å². The van der Waals surface area contributed by atoms with Crippen molar-refractivity contribution < 1.29 is 19.4 Å². The molecule has 1 N–H and O–H groups in total. The number of methoxy groups -OCH3 is 1. The van der Waals surface area contributed by atoms with E-state index in [9.17, 15) is 9.90 Å². The number of anilines is 1. The first-order valence-corrected chi connectivity index (χ1v) is 9.13. The molecular weight excluding hydrogens is 370 g/mol. The van der Waals surface area contributed by atoms with Crippen LogP contribution >= 0.6 is 24.0 Å². The highest BCUT2D eigenvalue weighted by Crippen LogP contribution is 2.37. The van der Waals surface area contributed by atoms with Gasteiger partial charge in [-0.2, -0.15) is 0 Å². The van der Waals surface area contributed by atoms with Crippen molar-refractivity contribution in [2.45, 2.75) is 6.92 Å². The molecule has 7 heteroatoms. The lowest BCUT2D eigenvalue weighted by Crippen LogP contribution is -2.27. The Balaban J connectivity index is 1.88. The van der Waals surface area contributed by atoms with Gasteiger partial charge in [0.2, 0.25) is 0 Å². The maximum absolute atomic E-state index is 12.8. The molecule has 0 radical (unpaired) electrons. The molecule has 1 amide bonds. The number of aromatic hydroxyl groups is 1. The summed E-state index contributed by atoms with van der Waals surface area (Å²) in [7, 11) is 1.59. The zero-order valence-electron chi connectivity index (χ0n) is 14.3. The van der Waals surface area contributed by atoms with Gasteiger partial charge in [0.1, 0.15) is 5.75 Å². The van der Waals surface area contributed by atoms with E-state index in [0.717, 1.165) is 5.56 Å². The monoisotopic (exact) mass is 387 g/mol. The lowest BCUT2D eigenvalue weighted by atomic mass is 10.2. The molecular formula is C19H17NO4S2. The van der Waals surface area contributed by atoms with E-state index in [1.165, 1.54) is 16.7 Å². The zero-order chi connectivity index (χ0) is 18.7. The van der Waals surface area contributed by atoms with Crippen LogP contribution in [0.1, 0.15) is 12.5 Å². The summed E-state index contributed by atoms with van der Waals surface area (Å²) in [6, 6.07) is 12.1. The van der Waals surface area contributed by atoms with Crippen molar-refractivity contribution in [2.24, 2.45) is 0 Å². The molecule has 2 aromatic rings. The lowest BCUT2D eigenvalue weighted by molar-refractivity contribution is -0.113. The summed E-state index contributed by atoms with van der Waals surface area (Å²) in [5.41, 5.74) is 1.44. The number of carbonyl (C=O) groups excluding carboxylic acids is 1. The van der Waals surface area contributed by atoms with Crippen LogP contribution in [0.5, 0.6) is 17.2 Å². The average molecular weight is 387 g/mol. The summed E-state index contributed by atoms with van der Waals surface area (Å²) in [5.74, 6) is 0.972. The van der Waals surface area contributed by atoms with E-state index in [1.807, 2.05) is 6.92 Å². The van der Waals surface area contributed by atoms with Crippen molar-refractivity contribution in [3.63, 3.8) is 0 Å². The second-order valence-electron chi connectivity index (χ2n) is 5.38. The van der Waals surface area contributed by atoms with Crippen molar-refractivity contribution in [3.8, 4) is 17.2 Å². The second-order valence-corrected chi connectivity index (χ2v) is 7.05. The molecule has 0 atom stereocenters. The molecule has 0 aliphatic carbocycles. The number of rotatable bonds is 5. The Morgan fingerprint density at radius 2 is 1.96 bits per heavy atom. The van der Waals surface area contributed by atoms with E-state index in [4.69, 9.17) is 21.7 Å². The van der Waals surface area contributed by atoms with Crippen LogP contribution in [0.2, 0.25) is 0 Å². The minimum atomic E-state index is -0.184. The number of hydrogen-bond acceptors (Lipinski definition) is 6. The molecule has 1 aliphatic rings. The van der Waals surface area contributed by atoms with Gasteiger partial charge in [-0.15, -0.1) is 0 Å². The number of thiocarbonyl (C=S) groups is 1. The van der Waals surface area contributed by atoms with Gasteiger partial charge < -0.3 is 14.6 Å². The molecule has 0 unspecified atom stereocenters. The maximum Gasteiger partial charge on any atom is 0.270 e. The number of carbonyl (C=O) groups is 1. The second kappa shape index (κ2) is 7.80. The number of ether oxygens (including phenoxy) is 2. The van der Waals surface area contributed by atoms with Crippen LogP contribution in [0.25, 0.3) is 6.08 Å². The van der Waals surface area contributed by atoms with E-state index >= 15 is 0 Å². The Morgan fingerprint density at radius 3 is 2.62 bits per heavy atom. The molecule has 0 spiro atoms.